The fourth-order valence-electron chi connectivity index (χ4n) is 2.37. The topological polar surface area (TPSA) is 51.4 Å². The third kappa shape index (κ3) is 4.80. The number of hydrogen-bond acceptors (Lipinski definition) is 4. The molecule has 1 heterocycles. The largest absolute Gasteiger partial charge is 0.476 e. The normalized spacial score (nSPS) is 14.5. The Morgan fingerprint density at radius 1 is 1.33 bits per heavy atom. The lowest BCUT2D eigenvalue weighted by Gasteiger charge is -2.28. The van der Waals surface area contributed by atoms with E-state index >= 15 is 0 Å². The molecule has 0 bridgehead atoms. The van der Waals surface area contributed by atoms with Crippen molar-refractivity contribution in [3.63, 3.8) is 0 Å². The van der Waals surface area contributed by atoms with Crippen molar-refractivity contribution in [2.24, 2.45) is 5.92 Å². The molecule has 0 atom stereocenters. The van der Waals surface area contributed by atoms with Crippen molar-refractivity contribution in [2.45, 2.75) is 58.9 Å². The summed E-state index contributed by atoms with van der Waals surface area (Å²) in [6.07, 6.45) is 6.22. The van der Waals surface area contributed by atoms with Gasteiger partial charge in [0.15, 0.2) is 0 Å². The second-order valence-corrected chi connectivity index (χ2v) is 6.31. The van der Waals surface area contributed by atoms with Crippen LogP contribution in [0.1, 0.15) is 52.9 Å². The Morgan fingerprint density at radius 2 is 2.10 bits per heavy atom. The first-order valence-corrected chi connectivity index (χ1v) is 8.27. The SMILES string of the molecule is CCCCCN(c1ccc(N)c(OCC2CC2)n1)C(C)C. The summed E-state index contributed by atoms with van der Waals surface area (Å²) in [4.78, 5) is 6.98. The predicted octanol–water partition coefficient (Wildman–Crippen LogP) is 3.86. The lowest BCUT2D eigenvalue weighted by atomic mass is 10.2. The van der Waals surface area contributed by atoms with Gasteiger partial charge in [-0.15, -0.1) is 0 Å². The van der Waals surface area contributed by atoms with Crippen LogP contribution in [0.15, 0.2) is 12.1 Å². The van der Waals surface area contributed by atoms with Gasteiger partial charge in [-0.2, -0.15) is 4.98 Å². The molecule has 21 heavy (non-hydrogen) atoms. The number of nitrogens with zero attached hydrogens (tertiary/aromatic N) is 2. The number of nitrogen functional groups attached to an aromatic ring is 1. The summed E-state index contributed by atoms with van der Waals surface area (Å²) in [7, 11) is 0. The highest BCUT2D eigenvalue weighted by Gasteiger charge is 2.23. The van der Waals surface area contributed by atoms with Crippen LogP contribution in [0, 0.1) is 5.92 Å². The van der Waals surface area contributed by atoms with E-state index in [1.165, 1.54) is 32.1 Å². The highest BCUT2D eigenvalue weighted by Crippen LogP contribution is 2.31. The Bertz CT molecular complexity index is 444. The molecular weight excluding hydrogens is 262 g/mol. The number of hydrogen-bond donors (Lipinski definition) is 1. The lowest BCUT2D eigenvalue weighted by Crippen LogP contribution is -2.32. The smallest absolute Gasteiger partial charge is 0.239 e. The number of ether oxygens (including phenoxy) is 1. The molecule has 4 heteroatoms. The van der Waals surface area contributed by atoms with Crippen LogP contribution in [0.4, 0.5) is 11.5 Å². The summed E-state index contributed by atoms with van der Waals surface area (Å²) in [5.41, 5.74) is 6.62. The number of anilines is 2. The minimum absolute atomic E-state index is 0.425. The molecule has 0 aromatic carbocycles. The van der Waals surface area contributed by atoms with Gasteiger partial charge in [-0.25, -0.2) is 0 Å². The molecule has 0 spiro atoms. The predicted molar refractivity (Wildman–Crippen MR) is 88.9 cm³/mol. The van der Waals surface area contributed by atoms with E-state index in [4.69, 9.17) is 10.5 Å². The first kappa shape index (κ1) is 15.9. The van der Waals surface area contributed by atoms with E-state index in [0.29, 0.717) is 23.5 Å². The molecule has 1 aromatic rings. The van der Waals surface area contributed by atoms with Gasteiger partial charge in [0.25, 0.3) is 0 Å². The number of aromatic nitrogens is 1. The summed E-state index contributed by atoms with van der Waals surface area (Å²) in [5, 5.41) is 0. The molecule has 0 aliphatic heterocycles. The van der Waals surface area contributed by atoms with Crippen LogP contribution >= 0.6 is 0 Å². The first-order chi connectivity index (χ1) is 10.1. The van der Waals surface area contributed by atoms with Crippen LogP contribution in [0.25, 0.3) is 0 Å². The monoisotopic (exact) mass is 291 g/mol. The van der Waals surface area contributed by atoms with Crippen LogP contribution in [0.3, 0.4) is 0 Å². The van der Waals surface area contributed by atoms with Crippen LogP contribution in [-0.4, -0.2) is 24.2 Å². The maximum Gasteiger partial charge on any atom is 0.239 e. The Hall–Kier alpha value is -1.45. The summed E-state index contributed by atoms with van der Waals surface area (Å²) in [6, 6.07) is 4.35. The quantitative estimate of drug-likeness (QED) is 0.702. The third-order valence-corrected chi connectivity index (χ3v) is 3.95. The van der Waals surface area contributed by atoms with Gasteiger partial charge in [0.1, 0.15) is 5.82 Å². The van der Waals surface area contributed by atoms with Gasteiger partial charge in [0.05, 0.1) is 12.3 Å². The van der Waals surface area contributed by atoms with Crippen LogP contribution in [0.5, 0.6) is 5.88 Å². The molecule has 2 N–H and O–H groups in total. The highest BCUT2D eigenvalue weighted by molar-refractivity contribution is 5.54. The summed E-state index contributed by atoms with van der Waals surface area (Å²) >= 11 is 0. The van der Waals surface area contributed by atoms with Crippen LogP contribution < -0.4 is 15.4 Å². The average molecular weight is 291 g/mol. The molecule has 0 unspecified atom stereocenters. The zero-order chi connectivity index (χ0) is 15.2. The maximum absolute atomic E-state index is 5.99. The van der Waals surface area contributed by atoms with Gasteiger partial charge in [0.2, 0.25) is 5.88 Å². The van der Waals surface area contributed by atoms with E-state index in [0.717, 1.165) is 19.0 Å². The van der Waals surface area contributed by atoms with Crippen molar-refractivity contribution < 1.29 is 4.74 Å². The van der Waals surface area contributed by atoms with Crippen molar-refractivity contribution in [2.75, 3.05) is 23.8 Å². The lowest BCUT2D eigenvalue weighted by molar-refractivity contribution is 0.290. The molecule has 0 amide bonds. The fourth-order valence-corrected chi connectivity index (χ4v) is 2.37. The van der Waals surface area contributed by atoms with Gasteiger partial charge in [-0.3, -0.25) is 0 Å². The molecule has 0 saturated heterocycles. The fraction of sp³-hybridized carbons (Fsp3) is 0.706. The Balaban J connectivity index is 2.05. The molecule has 0 radical (unpaired) electrons. The van der Waals surface area contributed by atoms with Crippen molar-refractivity contribution >= 4 is 11.5 Å². The molecule has 1 aliphatic rings. The second kappa shape index (κ2) is 7.53. The molecule has 118 valence electrons. The van der Waals surface area contributed by atoms with Crippen LogP contribution in [-0.2, 0) is 0 Å². The molecule has 1 saturated carbocycles. The van der Waals surface area contributed by atoms with E-state index in [9.17, 15) is 0 Å². The van der Waals surface area contributed by atoms with E-state index in [-0.39, 0.29) is 0 Å². The van der Waals surface area contributed by atoms with Gasteiger partial charge >= 0.3 is 0 Å². The number of rotatable bonds is 9. The minimum Gasteiger partial charge on any atom is -0.476 e. The van der Waals surface area contributed by atoms with Crippen molar-refractivity contribution in [3.8, 4) is 5.88 Å². The van der Waals surface area contributed by atoms with Crippen molar-refractivity contribution in [1.82, 2.24) is 4.98 Å². The van der Waals surface area contributed by atoms with E-state index < -0.39 is 0 Å². The molecule has 2 rings (SSSR count). The van der Waals surface area contributed by atoms with Gasteiger partial charge in [0, 0.05) is 12.6 Å². The van der Waals surface area contributed by atoms with Gasteiger partial charge in [-0.1, -0.05) is 19.8 Å². The second-order valence-electron chi connectivity index (χ2n) is 6.31. The van der Waals surface area contributed by atoms with Gasteiger partial charge < -0.3 is 15.4 Å². The molecule has 1 aliphatic carbocycles. The van der Waals surface area contributed by atoms with Crippen molar-refractivity contribution in [3.05, 3.63) is 12.1 Å². The Morgan fingerprint density at radius 3 is 2.71 bits per heavy atom. The summed E-state index contributed by atoms with van der Waals surface area (Å²) in [6.45, 7) is 8.41. The van der Waals surface area contributed by atoms with E-state index in [1.807, 2.05) is 12.1 Å². The summed E-state index contributed by atoms with van der Waals surface area (Å²) in [5.74, 6) is 2.28. The van der Waals surface area contributed by atoms with Crippen LogP contribution in [0.2, 0.25) is 0 Å². The molecular formula is C17H29N3O. The number of pyridine rings is 1. The van der Waals surface area contributed by atoms with E-state index in [1.54, 1.807) is 0 Å². The zero-order valence-corrected chi connectivity index (χ0v) is 13.6. The van der Waals surface area contributed by atoms with E-state index in [2.05, 4.69) is 30.7 Å². The Kier molecular flexibility index (Phi) is 5.71. The molecule has 1 fully saturated rings. The maximum atomic E-state index is 5.99. The zero-order valence-electron chi connectivity index (χ0n) is 13.6. The first-order valence-electron chi connectivity index (χ1n) is 8.27. The average Bonchev–Trinajstić information content (AvgIpc) is 3.27. The van der Waals surface area contributed by atoms with Crippen molar-refractivity contribution in [1.29, 1.82) is 0 Å². The minimum atomic E-state index is 0.425. The number of nitrogens with two attached hydrogens (primary N) is 1. The molecule has 4 nitrogen and oxygen atoms in total. The third-order valence-electron chi connectivity index (χ3n) is 3.95. The highest BCUT2D eigenvalue weighted by atomic mass is 16.5. The van der Waals surface area contributed by atoms with Gasteiger partial charge in [-0.05, 0) is 51.2 Å². The number of unbranched alkanes of at least 4 members (excludes halogenated alkanes) is 2. The molecule has 1 aromatic heterocycles. The summed E-state index contributed by atoms with van der Waals surface area (Å²) < 4.78 is 5.79. The Labute approximate surface area is 128 Å². The standard InChI is InChI=1S/C17H29N3O/c1-4-5-6-11-20(13(2)3)16-10-9-15(18)17(19-16)21-12-14-7-8-14/h9-10,13-14H,4-8,11-12,18H2,1-3H3.